The first kappa shape index (κ1) is 12.7. The number of carboxylic acids is 1. The molecule has 5 heteroatoms. The Labute approximate surface area is 95.3 Å². The zero-order valence-corrected chi connectivity index (χ0v) is 9.97. The van der Waals surface area contributed by atoms with E-state index in [0.29, 0.717) is 6.42 Å². The molecule has 0 aliphatic carbocycles. The number of rotatable bonds is 5. The van der Waals surface area contributed by atoms with Gasteiger partial charge < -0.3 is 15.4 Å². The molecule has 1 aromatic heterocycles. The lowest BCUT2D eigenvalue weighted by Crippen LogP contribution is -2.46. The molecular formula is C11H19N3O2. The first-order chi connectivity index (χ1) is 7.38. The van der Waals surface area contributed by atoms with Gasteiger partial charge in [0.1, 0.15) is 11.4 Å². The molecule has 0 radical (unpaired) electrons. The highest BCUT2D eigenvalue weighted by Crippen LogP contribution is 2.20. The Balaban J connectivity index is 2.80. The molecule has 0 amide bonds. The van der Waals surface area contributed by atoms with Gasteiger partial charge in [-0.3, -0.25) is 4.79 Å². The Morgan fingerprint density at radius 2 is 2.38 bits per heavy atom. The van der Waals surface area contributed by atoms with Crippen molar-refractivity contribution < 1.29 is 9.90 Å². The van der Waals surface area contributed by atoms with E-state index < -0.39 is 11.5 Å². The van der Waals surface area contributed by atoms with E-state index >= 15 is 0 Å². The van der Waals surface area contributed by atoms with E-state index in [1.54, 1.807) is 6.20 Å². The first-order valence-corrected chi connectivity index (χ1v) is 5.42. The number of carbonyl (C=O) groups is 1. The van der Waals surface area contributed by atoms with Gasteiger partial charge in [0.25, 0.3) is 0 Å². The second-order valence-electron chi connectivity index (χ2n) is 4.38. The van der Waals surface area contributed by atoms with E-state index in [4.69, 9.17) is 10.8 Å². The summed E-state index contributed by atoms with van der Waals surface area (Å²) in [5.74, 6) is -0.0220. The Bertz CT molecular complexity index is 371. The lowest BCUT2D eigenvalue weighted by Gasteiger charge is -2.25. The number of nitrogens with two attached hydrogens (primary N) is 1. The Kier molecular flexibility index (Phi) is 3.70. The molecule has 90 valence electrons. The molecule has 5 nitrogen and oxygen atoms in total. The van der Waals surface area contributed by atoms with E-state index in [2.05, 4.69) is 4.98 Å². The van der Waals surface area contributed by atoms with Gasteiger partial charge in [0.05, 0.1) is 0 Å². The van der Waals surface area contributed by atoms with Crippen molar-refractivity contribution in [2.45, 2.75) is 45.2 Å². The molecule has 0 spiro atoms. The number of hydrogen-bond acceptors (Lipinski definition) is 3. The van der Waals surface area contributed by atoms with Gasteiger partial charge in [-0.2, -0.15) is 0 Å². The smallest absolute Gasteiger partial charge is 0.323 e. The van der Waals surface area contributed by atoms with Crippen LogP contribution >= 0.6 is 0 Å². The summed E-state index contributed by atoms with van der Waals surface area (Å²) in [6, 6.07) is 0.0311. The molecule has 0 fully saturated rings. The highest BCUT2D eigenvalue weighted by atomic mass is 16.4. The van der Waals surface area contributed by atoms with Crippen LogP contribution in [-0.2, 0) is 11.2 Å². The molecule has 2 unspecified atom stereocenters. The Hall–Kier alpha value is -1.36. The average Bonchev–Trinajstić information content (AvgIpc) is 2.64. The molecule has 1 rings (SSSR count). The van der Waals surface area contributed by atoms with Gasteiger partial charge in [0, 0.05) is 24.9 Å². The van der Waals surface area contributed by atoms with Crippen LogP contribution in [0.5, 0.6) is 0 Å². The predicted octanol–water partition coefficient (Wildman–Crippen LogP) is 1.20. The second-order valence-corrected chi connectivity index (χ2v) is 4.38. The molecule has 3 N–H and O–H groups in total. The van der Waals surface area contributed by atoms with Crippen LogP contribution in [0.4, 0.5) is 0 Å². The number of hydrogen-bond donors (Lipinski definition) is 2. The summed E-state index contributed by atoms with van der Waals surface area (Å²) in [4.78, 5) is 15.1. The molecule has 0 aromatic carbocycles. The first-order valence-electron chi connectivity index (χ1n) is 5.42. The summed E-state index contributed by atoms with van der Waals surface area (Å²) in [5, 5.41) is 8.96. The molecule has 1 heterocycles. The normalized spacial score (nSPS) is 16.8. The molecule has 0 saturated heterocycles. The van der Waals surface area contributed by atoms with E-state index in [1.807, 2.05) is 24.6 Å². The minimum atomic E-state index is -1.20. The number of nitrogens with zero attached hydrogens (tertiary/aromatic N) is 2. The van der Waals surface area contributed by atoms with Crippen LogP contribution in [0.3, 0.4) is 0 Å². The molecule has 0 aliphatic heterocycles. The molecule has 2 atom stereocenters. The quantitative estimate of drug-likeness (QED) is 0.789. The van der Waals surface area contributed by atoms with Gasteiger partial charge >= 0.3 is 5.97 Å². The third kappa shape index (κ3) is 2.61. The fourth-order valence-electron chi connectivity index (χ4n) is 1.82. The van der Waals surface area contributed by atoms with Gasteiger partial charge in [-0.25, -0.2) is 4.98 Å². The highest BCUT2D eigenvalue weighted by molar-refractivity contribution is 5.77. The monoisotopic (exact) mass is 225 g/mol. The zero-order chi connectivity index (χ0) is 12.3. The summed E-state index contributed by atoms with van der Waals surface area (Å²) in [5.41, 5.74) is 4.53. The van der Waals surface area contributed by atoms with Crippen LogP contribution in [0.25, 0.3) is 0 Å². The van der Waals surface area contributed by atoms with Crippen molar-refractivity contribution in [2.75, 3.05) is 0 Å². The summed E-state index contributed by atoms with van der Waals surface area (Å²) in [7, 11) is 0. The van der Waals surface area contributed by atoms with Gasteiger partial charge in [-0.05, 0) is 20.3 Å². The fourth-order valence-corrected chi connectivity index (χ4v) is 1.82. The van der Waals surface area contributed by atoms with Crippen LogP contribution in [0.1, 0.15) is 39.1 Å². The topological polar surface area (TPSA) is 81.1 Å². The number of imidazole rings is 1. The Morgan fingerprint density at radius 3 is 2.88 bits per heavy atom. The largest absolute Gasteiger partial charge is 0.480 e. The molecule has 0 saturated carbocycles. The van der Waals surface area contributed by atoms with Crippen LogP contribution < -0.4 is 5.73 Å². The van der Waals surface area contributed by atoms with Crippen molar-refractivity contribution in [3.63, 3.8) is 0 Å². The van der Waals surface area contributed by atoms with Gasteiger partial charge in [0.2, 0.25) is 0 Å². The van der Waals surface area contributed by atoms with Gasteiger partial charge in [-0.15, -0.1) is 0 Å². The number of aliphatic carboxylic acids is 1. The van der Waals surface area contributed by atoms with Crippen molar-refractivity contribution >= 4 is 5.97 Å². The van der Waals surface area contributed by atoms with E-state index in [-0.39, 0.29) is 6.04 Å². The number of aryl methyl sites for hydroxylation is 1. The lowest BCUT2D eigenvalue weighted by molar-refractivity contribution is -0.143. The molecule has 0 bridgehead atoms. The molecule has 16 heavy (non-hydrogen) atoms. The second kappa shape index (κ2) is 4.65. The van der Waals surface area contributed by atoms with Crippen molar-refractivity contribution in [3.8, 4) is 0 Å². The molecule has 0 aliphatic rings. The maximum absolute atomic E-state index is 10.9. The van der Waals surface area contributed by atoms with Crippen LogP contribution in [0.15, 0.2) is 12.4 Å². The predicted molar refractivity (Wildman–Crippen MR) is 61.2 cm³/mol. The van der Waals surface area contributed by atoms with Crippen molar-refractivity contribution in [1.29, 1.82) is 0 Å². The SMILES string of the molecule is CCc1nccn1C(C)CC(C)(N)C(=O)O. The number of carboxylic acid groups (broad SMARTS) is 1. The van der Waals surface area contributed by atoms with E-state index in [1.165, 1.54) is 6.92 Å². The summed E-state index contributed by atoms with van der Waals surface area (Å²) in [6.45, 7) is 5.51. The van der Waals surface area contributed by atoms with E-state index in [9.17, 15) is 4.79 Å². The summed E-state index contributed by atoms with van der Waals surface area (Å²) >= 11 is 0. The Morgan fingerprint density at radius 1 is 1.75 bits per heavy atom. The molecule has 1 aromatic rings. The maximum atomic E-state index is 10.9. The van der Waals surface area contributed by atoms with Crippen LogP contribution in [0, 0.1) is 0 Å². The van der Waals surface area contributed by atoms with E-state index in [0.717, 1.165) is 12.2 Å². The van der Waals surface area contributed by atoms with Gasteiger partial charge in [0.15, 0.2) is 0 Å². The minimum absolute atomic E-state index is 0.0311. The van der Waals surface area contributed by atoms with Crippen LogP contribution in [-0.4, -0.2) is 26.2 Å². The average molecular weight is 225 g/mol. The zero-order valence-electron chi connectivity index (χ0n) is 9.97. The molecular weight excluding hydrogens is 206 g/mol. The summed E-state index contributed by atoms with van der Waals surface area (Å²) < 4.78 is 1.98. The third-order valence-electron chi connectivity index (χ3n) is 2.75. The maximum Gasteiger partial charge on any atom is 0.323 e. The lowest BCUT2D eigenvalue weighted by atomic mass is 9.95. The standard InChI is InChI=1S/C11H19N3O2/c1-4-9-13-5-6-14(9)8(2)7-11(3,12)10(15)16/h5-6,8H,4,7,12H2,1-3H3,(H,15,16). The summed E-state index contributed by atoms with van der Waals surface area (Å²) in [6.07, 6.45) is 4.79. The highest BCUT2D eigenvalue weighted by Gasteiger charge is 2.30. The minimum Gasteiger partial charge on any atom is -0.480 e. The van der Waals surface area contributed by atoms with Crippen molar-refractivity contribution in [2.24, 2.45) is 5.73 Å². The van der Waals surface area contributed by atoms with Gasteiger partial charge in [-0.1, -0.05) is 6.92 Å². The number of aromatic nitrogens is 2. The van der Waals surface area contributed by atoms with Crippen LogP contribution in [0.2, 0.25) is 0 Å². The van der Waals surface area contributed by atoms with Crippen molar-refractivity contribution in [1.82, 2.24) is 9.55 Å². The third-order valence-corrected chi connectivity index (χ3v) is 2.75. The fraction of sp³-hybridized carbons (Fsp3) is 0.636. The van der Waals surface area contributed by atoms with Crippen molar-refractivity contribution in [3.05, 3.63) is 18.2 Å².